The van der Waals surface area contributed by atoms with Crippen LogP contribution in [0, 0.1) is 0 Å². The SMILES string of the molecule is CCN(CC)C[C@@H]1CCCN1C(=O)c1cc(NCc2ccccc2)nc2ccc(-c3ccc4c(c3)OCO4)cc12. The number of hydrogen-bond donors (Lipinski definition) is 1. The summed E-state index contributed by atoms with van der Waals surface area (Å²) in [5, 5.41) is 4.31. The fraction of sp³-hybridized carbons (Fsp3) is 0.333. The van der Waals surface area contributed by atoms with Crippen molar-refractivity contribution in [3.63, 3.8) is 0 Å². The number of ether oxygens (including phenoxy) is 2. The number of carbonyl (C=O) groups excluding carboxylic acids is 1. The first-order chi connectivity index (χ1) is 19.6. The normalized spacial score (nSPS) is 16.2. The first-order valence-corrected chi connectivity index (χ1v) is 14.3. The number of nitrogens with zero attached hydrogens (tertiary/aromatic N) is 3. The number of pyridine rings is 1. The predicted octanol–water partition coefficient (Wildman–Crippen LogP) is 6.19. The second-order valence-corrected chi connectivity index (χ2v) is 10.5. The Morgan fingerprint density at radius 2 is 1.75 bits per heavy atom. The van der Waals surface area contributed by atoms with Crippen molar-refractivity contribution in [1.29, 1.82) is 0 Å². The zero-order valence-electron chi connectivity index (χ0n) is 23.2. The van der Waals surface area contributed by atoms with Gasteiger partial charge in [-0.1, -0.05) is 56.3 Å². The summed E-state index contributed by atoms with van der Waals surface area (Å²) >= 11 is 0. The fourth-order valence-electron chi connectivity index (χ4n) is 5.76. The Morgan fingerprint density at radius 1 is 0.975 bits per heavy atom. The van der Waals surface area contributed by atoms with Crippen molar-refractivity contribution < 1.29 is 14.3 Å². The molecule has 3 heterocycles. The molecule has 0 radical (unpaired) electrons. The number of hydrogen-bond acceptors (Lipinski definition) is 6. The first-order valence-electron chi connectivity index (χ1n) is 14.3. The minimum absolute atomic E-state index is 0.0765. The largest absolute Gasteiger partial charge is 0.454 e. The molecule has 206 valence electrons. The molecule has 0 unspecified atom stereocenters. The minimum atomic E-state index is 0.0765. The van der Waals surface area contributed by atoms with Crippen LogP contribution in [-0.4, -0.2) is 59.7 Å². The lowest BCUT2D eigenvalue weighted by atomic mass is 9.99. The summed E-state index contributed by atoms with van der Waals surface area (Å²) in [5.74, 6) is 2.27. The molecule has 6 rings (SSSR count). The maximum atomic E-state index is 14.3. The lowest BCUT2D eigenvalue weighted by molar-refractivity contribution is 0.0706. The molecule has 2 aliphatic heterocycles. The number of likely N-dealkylation sites (N-methyl/N-ethyl adjacent to an activating group) is 1. The minimum Gasteiger partial charge on any atom is -0.454 e. The zero-order valence-corrected chi connectivity index (χ0v) is 23.2. The topological polar surface area (TPSA) is 66.9 Å². The number of rotatable bonds is 9. The number of carbonyl (C=O) groups is 1. The highest BCUT2D eigenvalue weighted by Gasteiger charge is 2.31. The number of likely N-dealkylation sites (tertiary alicyclic amines) is 1. The Labute approximate surface area is 235 Å². The molecule has 7 nitrogen and oxygen atoms in total. The van der Waals surface area contributed by atoms with Gasteiger partial charge in [0.15, 0.2) is 11.5 Å². The molecule has 2 aliphatic rings. The van der Waals surface area contributed by atoms with E-state index in [4.69, 9.17) is 14.5 Å². The highest BCUT2D eigenvalue weighted by atomic mass is 16.7. The Bertz CT molecular complexity index is 1500. The smallest absolute Gasteiger partial charge is 0.254 e. The summed E-state index contributed by atoms with van der Waals surface area (Å²) in [6.07, 6.45) is 2.06. The quantitative estimate of drug-likeness (QED) is 0.275. The van der Waals surface area contributed by atoms with Gasteiger partial charge in [0, 0.05) is 31.1 Å². The van der Waals surface area contributed by atoms with Crippen molar-refractivity contribution in [2.24, 2.45) is 0 Å². The third-order valence-corrected chi connectivity index (χ3v) is 8.06. The van der Waals surface area contributed by atoms with E-state index in [-0.39, 0.29) is 18.7 Å². The van der Waals surface area contributed by atoms with E-state index >= 15 is 0 Å². The summed E-state index contributed by atoms with van der Waals surface area (Å²) in [4.78, 5) is 23.7. The predicted molar refractivity (Wildman–Crippen MR) is 159 cm³/mol. The van der Waals surface area contributed by atoms with E-state index in [1.165, 1.54) is 0 Å². The molecule has 40 heavy (non-hydrogen) atoms. The van der Waals surface area contributed by atoms with Gasteiger partial charge in [0.2, 0.25) is 6.79 Å². The van der Waals surface area contributed by atoms with Crippen LogP contribution in [0.1, 0.15) is 42.6 Å². The molecular formula is C33H36N4O3. The van der Waals surface area contributed by atoms with Crippen molar-refractivity contribution in [2.45, 2.75) is 39.3 Å². The summed E-state index contributed by atoms with van der Waals surface area (Å²) < 4.78 is 11.1. The van der Waals surface area contributed by atoms with Crippen LogP contribution in [0.5, 0.6) is 11.5 Å². The molecule has 7 heteroatoms. The second-order valence-electron chi connectivity index (χ2n) is 10.5. The van der Waals surface area contributed by atoms with Gasteiger partial charge in [-0.05, 0) is 73.0 Å². The molecule has 1 N–H and O–H groups in total. The molecule has 1 aromatic heterocycles. The van der Waals surface area contributed by atoms with E-state index in [9.17, 15) is 4.79 Å². The van der Waals surface area contributed by atoms with Gasteiger partial charge in [-0.15, -0.1) is 0 Å². The highest BCUT2D eigenvalue weighted by molar-refractivity contribution is 6.08. The van der Waals surface area contributed by atoms with Gasteiger partial charge in [0.25, 0.3) is 5.91 Å². The average Bonchev–Trinajstić information content (AvgIpc) is 3.67. The lowest BCUT2D eigenvalue weighted by Crippen LogP contribution is -2.43. The van der Waals surface area contributed by atoms with Crippen LogP contribution < -0.4 is 14.8 Å². The summed E-state index contributed by atoms with van der Waals surface area (Å²) in [7, 11) is 0. The van der Waals surface area contributed by atoms with Crippen LogP contribution in [0.15, 0.2) is 72.8 Å². The van der Waals surface area contributed by atoms with Gasteiger partial charge >= 0.3 is 0 Å². The zero-order chi connectivity index (χ0) is 27.5. The van der Waals surface area contributed by atoms with E-state index in [2.05, 4.69) is 53.2 Å². The van der Waals surface area contributed by atoms with E-state index in [1.54, 1.807) is 0 Å². The third kappa shape index (κ3) is 5.34. The fourth-order valence-corrected chi connectivity index (χ4v) is 5.76. The van der Waals surface area contributed by atoms with Crippen molar-refractivity contribution in [3.05, 3.63) is 83.9 Å². The Hall–Kier alpha value is -4.10. The van der Waals surface area contributed by atoms with Gasteiger partial charge in [-0.3, -0.25) is 4.79 Å². The van der Waals surface area contributed by atoms with E-state index in [0.717, 1.165) is 78.1 Å². The molecular weight excluding hydrogens is 500 g/mol. The molecule has 1 atom stereocenters. The number of benzene rings is 3. The number of fused-ring (bicyclic) bond motifs is 2. The first kappa shape index (κ1) is 26.1. The van der Waals surface area contributed by atoms with Gasteiger partial charge in [-0.25, -0.2) is 4.98 Å². The van der Waals surface area contributed by atoms with Gasteiger partial charge < -0.3 is 24.6 Å². The molecule has 0 bridgehead atoms. The van der Waals surface area contributed by atoms with Crippen LogP contribution in [0.25, 0.3) is 22.0 Å². The van der Waals surface area contributed by atoms with Gasteiger partial charge in [-0.2, -0.15) is 0 Å². The van der Waals surface area contributed by atoms with Gasteiger partial charge in [0.1, 0.15) is 5.82 Å². The monoisotopic (exact) mass is 536 g/mol. The number of aromatic nitrogens is 1. The molecule has 4 aromatic rings. The van der Waals surface area contributed by atoms with Crippen molar-refractivity contribution >= 4 is 22.6 Å². The summed E-state index contributed by atoms with van der Waals surface area (Å²) in [5.41, 5.74) is 4.67. The van der Waals surface area contributed by atoms with Crippen molar-refractivity contribution in [1.82, 2.24) is 14.8 Å². The Morgan fingerprint density at radius 3 is 2.58 bits per heavy atom. The van der Waals surface area contributed by atoms with E-state index in [1.807, 2.05) is 48.5 Å². The number of nitrogens with one attached hydrogen (secondary N) is 1. The van der Waals surface area contributed by atoms with Crippen LogP contribution in [-0.2, 0) is 6.54 Å². The van der Waals surface area contributed by atoms with Gasteiger partial charge in [0.05, 0.1) is 11.1 Å². The number of anilines is 1. The second kappa shape index (κ2) is 11.6. The number of amides is 1. The van der Waals surface area contributed by atoms with Crippen LogP contribution in [0.4, 0.5) is 5.82 Å². The highest BCUT2D eigenvalue weighted by Crippen LogP contribution is 2.37. The van der Waals surface area contributed by atoms with Crippen molar-refractivity contribution in [3.8, 4) is 22.6 Å². The molecule has 0 saturated carbocycles. The van der Waals surface area contributed by atoms with E-state index in [0.29, 0.717) is 17.9 Å². The maximum Gasteiger partial charge on any atom is 0.254 e. The average molecular weight is 537 g/mol. The van der Waals surface area contributed by atoms with Crippen molar-refractivity contribution in [2.75, 3.05) is 38.3 Å². The molecule has 1 fully saturated rings. The molecule has 1 amide bonds. The van der Waals surface area contributed by atoms with E-state index < -0.39 is 0 Å². The Kier molecular flexibility index (Phi) is 7.55. The summed E-state index contributed by atoms with van der Waals surface area (Å²) in [6, 6.07) is 24.5. The maximum absolute atomic E-state index is 14.3. The molecule has 0 aliphatic carbocycles. The molecule has 3 aromatic carbocycles. The lowest BCUT2D eigenvalue weighted by Gasteiger charge is -2.30. The third-order valence-electron chi connectivity index (χ3n) is 8.06. The molecule has 0 spiro atoms. The van der Waals surface area contributed by atoms with Crippen LogP contribution >= 0.6 is 0 Å². The van der Waals surface area contributed by atoms with Crippen LogP contribution in [0.3, 0.4) is 0 Å². The molecule has 1 saturated heterocycles. The van der Waals surface area contributed by atoms with Crippen LogP contribution in [0.2, 0.25) is 0 Å². The summed E-state index contributed by atoms with van der Waals surface area (Å²) in [6.45, 7) is 8.90. The standard InChI is InChI=1S/C33H36N4O3/c1-3-36(4-2)21-26-11-8-16-37(26)33(38)28-19-32(34-20-23-9-6-5-7-10-23)35-29-14-12-24(17-27(28)29)25-13-15-30-31(18-25)40-22-39-30/h5-7,9-10,12-15,17-19,26H,3-4,8,11,16,20-22H2,1-2H3,(H,34,35)/t26-/m0/s1. The Balaban J connectivity index is 1.38.